The molecule has 1 N–H and O–H groups in total. The Kier molecular flexibility index (Phi) is 30.0. The first-order valence-electron chi connectivity index (χ1n) is 13.3. The van der Waals surface area contributed by atoms with Gasteiger partial charge in [-0.3, -0.25) is 9.59 Å². The summed E-state index contributed by atoms with van der Waals surface area (Å²) in [4.78, 5) is 21.2. The summed E-state index contributed by atoms with van der Waals surface area (Å²) in [6.07, 6.45) is 28.8. The minimum Gasteiger partial charge on any atom is -0.481 e. The van der Waals surface area contributed by atoms with Gasteiger partial charge in [0.15, 0.2) is 0 Å². The molecule has 0 spiro atoms. The average molecular weight is 453 g/mol. The molecule has 0 unspecified atom stereocenters. The van der Waals surface area contributed by atoms with Crippen molar-refractivity contribution in [3.63, 3.8) is 0 Å². The Morgan fingerprint density at radius 3 is 1.66 bits per heavy atom. The van der Waals surface area contributed by atoms with Crippen LogP contribution in [0.15, 0.2) is 24.3 Å². The normalized spacial score (nSPS) is 11.0. The lowest BCUT2D eigenvalue weighted by molar-refractivity contribution is -0.143. The maximum atomic E-state index is 10.9. The molecule has 0 fully saturated rings. The number of carbonyl (C=O) groups is 2. The molecule has 4 nitrogen and oxygen atoms in total. The van der Waals surface area contributed by atoms with E-state index in [-0.39, 0.29) is 5.97 Å². The first kappa shape index (κ1) is 32.6. The van der Waals surface area contributed by atoms with Crippen molar-refractivity contribution in [3.8, 4) is 0 Å². The van der Waals surface area contributed by atoms with E-state index in [9.17, 15) is 9.59 Å². The highest BCUT2D eigenvalue weighted by atomic mass is 16.5. The van der Waals surface area contributed by atoms with E-state index in [1.165, 1.54) is 64.2 Å². The lowest BCUT2D eigenvalue weighted by atomic mass is 10.1. The predicted molar refractivity (Wildman–Crippen MR) is 137 cm³/mol. The number of ether oxygens (including phenoxy) is 1. The molecule has 0 aromatic carbocycles. The molecule has 4 heteroatoms. The minimum absolute atomic E-state index is 0.0472. The summed E-state index contributed by atoms with van der Waals surface area (Å²) in [5, 5.41) is 8.50. The van der Waals surface area contributed by atoms with E-state index in [4.69, 9.17) is 9.84 Å². The predicted octanol–water partition coefficient (Wildman–Crippen LogP) is 8.79. The van der Waals surface area contributed by atoms with Gasteiger partial charge < -0.3 is 9.84 Å². The summed E-state index contributed by atoms with van der Waals surface area (Å²) in [6.45, 7) is 6.77. The van der Waals surface area contributed by atoms with E-state index in [1.807, 2.05) is 6.92 Å². The van der Waals surface area contributed by atoms with Gasteiger partial charge in [-0.25, -0.2) is 0 Å². The van der Waals surface area contributed by atoms with Gasteiger partial charge in [0.25, 0.3) is 0 Å². The van der Waals surface area contributed by atoms with Gasteiger partial charge >= 0.3 is 11.9 Å². The second-order valence-electron chi connectivity index (χ2n) is 8.34. The zero-order valence-electron chi connectivity index (χ0n) is 21.4. The third kappa shape index (κ3) is 33.1. The highest BCUT2D eigenvalue weighted by molar-refractivity contribution is 5.69. The van der Waals surface area contributed by atoms with Gasteiger partial charge in [0, 0.05) is 12.8 Å². The van der Waals surface area contributed by atoms with Gasteiger partial charge in [0.05, 0.1) is 6.61 Å². The van der Waals surface area contributed by atoms with Crippen molar-refractivity contribution in [2.45, 2.75) is 136 Å². The minimum atomic E-state index is -0.671. The summed E-state index contributed by atoms with van der Waals surface area (Å²) in [6, 6.07) is 0. The van der Waals surface area contributed by atoms with Crippen LogP contribution in [0.1, 0.15) is 136 Å². The maximum Gasteiger partial charge on any atom is 0.305 e. The third-order valence-corrected chi connectivity index (χ3v) is 5.13. The van der Waals surface area contributed by atoms with Crippen LogP contribution >= 0.6 is 0 Å². The number of allylic oxidation sites excluding steroid dienone is 4. The molecule has 0 bridgehead atoms. The van der Waals surface area contributed by atoms with Gasteiger partial charge in [0.1, 0.15) is 0 Å². The number of carboxylic acid groups (broad SMARTS) is 1. The largest absolute Gasteiger partial charge is 0.481 e. The highest BCUT2D eigenvalue weighted by Crippen LogP contribution is 2.08. The van der Waals surface area contributed by atoms with Crippen LogP contribution in [0.2, 0.25) is 0 Å². The Bertz CT molecular complexity index is 454. The molecular weight excluding hydrogens is 400 g/mol. The first-order chi connectivity index (χ1) is 15.6. The van der Waals surface area contributed by atoms with E-state index in [1.54, 1.807) is 0 Å². The number of hydrogen-bond donors (Lipinski definition) is 1. The number of unbranched alkanes of at least 4 members (excludes halogenated alkanes) is 12. The Hall–Kier alpha value is -1.58. The van der Waals surface area contributed by atoms with E-state index in [2.05, 4.69) is 38.2 Å². The van der Waals surface area contributed by atoms with E-state index in [0.29, 0.717) is 19.4 Å². The zero-order valence-corrected chi connectivity index (χ0v) is 21.4. The second kappa shape index (κ2) is 29.4. The average Bonchev–Trinajstić information content (AvgIpc) is 2.77. The number of carbonyl (C=O) groups excluding carboxylic acids is 1. The fourth-order valence-corrected chi connectivity index (χ4v) is 3.19. The van der Waals surface area contributed by atoms with Crippen LogP contribution < -0.4 is 0 Å². The summed E-state index contributed by atoms with van der Waals surface area (Å²) in [7, 11) is 0. The molecule has 0 saturated heterocycles. The molecule has 0 rings (SSSR count). The lowest BCUT2D eigenvalue weighted by Crippen LogP contribution is -2.02. The smallest absolute Gasteiger partial charge is 0.305 e. The van der Waals surface area contributed by atoms with Gasteiger partial charge in [-0.15, -0.1) is 0 Å². The molecule has 0 amide bonds. The van der Waals surface area contributed by atoms with E-state index < -0.39 is 5.97 Å². The molecule has 0 atom stereocenters. The fourth-order valence-electron chi connectivity index (χ4n) is 3.19. The van der Waals surface area contributed by atoms with Crippen molar-refractivity contribution in [2.24, 2.45) is 0 Å². The molecule has 188 valence electrons. The molecule has 0 aliphatic heterocycles. The standard InChI is InChI=1S/C18H32O2.C10H20O2/c1-2-3-4-5-6-7-8-9-10-11-12-13-14-15-16-17-18(19)20;1-3-5-6-7-8-9-10(11)12-4-2/h6-7,9-10H,2-5,8,11-17H2,1H3,(H,19,20);3-9H2,1-2H3/b7-6-,10-9-;. The van der Waals surface area contributed by atoms with E-state index >= 15 is 0 Å². The summed E-state index contributed by atoms with van der Waals surface area (Å²) in [5.41, 5.74) is 0. The molecule has 0 aliphatic rings. The molecular formula is C28H52O4. The van der Waals surface area contributed by atoms with Crippen LogP contribution in [0.4, 0.5) is 0 Å². The SMILES string of the molecule is CCCCC/C=C\C/C=C\CCCCCCCC(=O)O.CCCCCCCC(=O)OCC. The maximum absolute atomic E-state index is 10.9. The topological polar surface area (TPSA) is 63.6 Å². The second-order valence-corrected chi connectivity index (χ2v) is 8.34. The Morgan fingerprint density at radius 2 is 1.09 bits per heavy atom. The first-order valence-corrected chi connectivity index (χ1v) is 13.3. The molecule has 0 aromatic heterocycles. The third-order valence-electron chi connectivity index (χ3n) is 5.13. The van der Waals surface area contributed by atoms with Crippen LogP contribution in [0.5, 0.6) is 0 Å². The lowest BCUT2D eigenvalue weighted by Gasteiger charge is -2.00. The molecule has 0 saturated carbocycles. The van der Waals surface area contributed by atoms with Crippen molar-refractivity contribution in [3.05, 3.63) is 24.3 Å². The summed E-state index contributed by atoms with van der Waals surface area (Å²) < 4.78 is 4.81. The van der Waals surface area contributed by atoms with Crippen molar-refractivity contribution >= 4 is 11.9 Å². The molecule has 0 aliphatic carbocycles. The zero-order chi connectivity index (χ0) is 24.1. The Balaban J connectivity index is 0. The fraction of sp³-hybridized carbons (Fsp3) is 0.786. The quantitative estimate of drug-likeness (QED) is 0.107. The van der Waals surface area contributed by atoms with Crippen LogP contribution in [0, 0.1) is 0 Å². The van der Waals surface area contributed by atoms with Crippen LogP contribution in [-0.2, 0) is 14.3 Å². The van der Waals surface area contributed by atoms with Gasteiger partial charge in [0.2, 0.25) is 0 Å². The number of rotatable bonds is 21. The summed E-state index contributed by atoms with van der Waals surface area (Å²) in [5.74, 6) is -0.718. The van der Waals surface area contributed by atoms with Crippen LogP contribution in [0.3, 0.4) is 0 Å². The van der Waals surface area contributed by atoms with Crippen molar-refractivity contribution < 1.29 is 19.4 Å². The Morgan fingerprint density at radius 1 is 0.625 bits per heavy atom. The Labute approximate surface area is 198 Å². The number of carboxylic acids is 1. The molecule has 0 aromatic rings. The summed E-state index contributed by atoms with van der Waals surface area (Å²) >= 11 is 0. The van der Waals surface area contributed by atoms with Crippen molar-refractivity contribution in [1.82, 2.24) is 0 Å². The molecule has 0 radical (unpaired) electrons. The molecule has 32 heavy (non-hydrogen) atoms. The highest BCUT2D eigenvalue weighted by Gasteiger charge is 1.99. The van der Waals surface area contributed by atoms with Crippen molar-refractivity contribution in [2.75, 3.05) is 6.61 Å². The van der Waals surface area contributed by atoms with Crippen LogP contribution in [-0.4, -0.2) is 23.7 Å². The van der Waals surface area contributed by atoms with Crippen LogP contribution in [0.25, 0.3) is 0 Å². The van der Waals surface area contributed by atoms with Gasteiger partial charge in [-0.05, 0) is 51.9 Å². The number of hydrogen-bond acceptors (Lipinski definition) is 3. The van der Waals surface area contributed by atoms with Gasteiger partial charge in [-0.1, -0.05) is 95.9 Å². The van der Waals surface area contributed by atoms with Gasteiger partial charge in [-0.2, -0.15) is 0 Å². The van der Waals surface area contributed by atoms with E-state index in [0.717, 1.165) is 38.5 Å². The number of aliphatic carboxylic acids is 1. The number of esters is 1. The van der Waals surface area contributed by atoms with Crippen molar-refractivity contribution in [1.29, 1.82) is 0 Å². The monoisotopic (exact) mass is 452 g/mol. The molecule has 0 heterocycles.